The summed E-state index contributed by atoms with van der Waals surface area (Å²) in [6.45, 7) is 9.56. The molecule has 4 rings (SSSR count). The van der Waals surface area contributed by atoms with E-state index in [1.165, 1.54) is 26.3 Å². The summed E-state index contributed by atoms with van der Waals surface area (Å²) in [5.41, 5.74) is -1.38. The molecule has 0 saturated carbocycles. The van der Waals surface area contributed by atoms with Crippen molar-refractivity contribution in [1.82, 2.24) is 13.7 Å². The van der Waals surface area contributed by atoms with Gasteiger partial charge in [-0.2, -0.15) is 0 Å². The topological polar surface area (TPSA) is 95.5 Å². The molecule has 36 heavy (non-hydrogen) atoms. The van der Waals surface area contributed by atoms with Crippen molar-refractivity contribution in [2.75, 3.05) is 7.11 Å². The molecule has 9 heteroatoms. The normalized spacial score (nSPS) is 10.2. The van der Waals surface area contributed by atoms with Crippen molar-refractivity contribution in [2.45, 2.75) is 41.2 Å². The van der Waals surface area contributed by atoms with Crippen LogP contribution in [0.3, 0.4) is 0 Å². The minimum Gasteiger partial charge on any atom is -0.507 e. The van der Waals surface area contributed by atoms with Gasteiger partial charge in [-0.25, -0.2) is 13.8 Å². The summed E-state index contributed by atoms with van der Waals surface area (Å²) < 4.78 is 22.9. The lowest BCUT2D eigenvalue weighted by Crippen LogP contribution is -2.42. The SMILES string of the molecule is CC.CC.COc1ccc(Cn2c(=O)c3c(O)cc(=O)n(C)c3n(-c3ccc(C)cc3F)c2=O)cc1. The lowest BCUT2D eigenvalue weighted by molar-refractivity contribution is 0.414. The number of hydrogen-bond donors (Lipinski definition) is 1. The predicted molar refractivity (Wildman–Crippen MR) is 140 cm³/mol. The Kier molecular flexibility index (Phi) is 9.38. The average molecular weight is 498 g/mol. The molecule has 4 aromatic rings. The van der Waals surface area contributed by atoms with Crippen LogP contribution in [0.15, 0.2) is 62.9 Å². The number of nitrogens with zero attached hydrogens (tertiary/aromatic N) is 3. The molecular weight excluding hydrogens is 465 g/mol. The second-order valence-electron chi connectivity index (χ2n) is 7.44. The Labute approximate surface area is 208 Å². The second-order valence-corrected chi connectivity index (χ2v) is 7.44. The smallest absolute Gasteiger partial charge is 0.337 e. The molecule has 0 radical (unpaired) electrons. The van der Waals surface area contributed by atoms with Gasteiger partial charge in [0.05, 0.1) is 19.3 Å². The predicted octanol–water partition coefficient (Wildman–Crippen LogP) is 4.11. The fraction of sp³-hybridized carbons (Fsp3) is 0.296. The van der Waals surface area contributed by atoms with Crippen LogP contribution in [0.2, 0.25) is 0 Å². The first-order chi connectivity index (χ1) is 17.2. The maximum atomic E-state index is 14.9. The van der Waals surface area contributed by atoms with Crippen molar-refractivity contribution in [3.8, 4) is 17.2 Å². The molecule has 2 heterocycles. The summed E-state index contributed by atoms with van der Waals surface area (Å²) in [5, 5.41) is 10.2. The van der Waals surface area contributed by atoms with Crippen LogP contribution in [-0.2, 0) is 13.6 Å². The van der Waals surface area contributed by atoms with Gasteiger partial charge in [0.2, 0.25) is 0 Å². The Hall–Kier alpha value is -4.14. The van der Waals surface area contributed by atoms with Crippen LogP contribution in [0.1, 0.15) is 38.8 Å². The molecule has 0 aliphatic carbocycles. The molecular formula is C27H32FN3O5. The van der Waals surface area contributed by atoms with Crippen molar-refractivity contribution in [1.29, 1.82) is 0 Å². The van der Waals surface area contributed by atoms with Crippen LogP contribution in [0.4, 0.5) is 4.39 Å². The third-order valence-corrected chi connectivity index (χ3v) is 5.33. The van der Waals surface area contributed by atoms with Crippen molar-refractivity contribution >= 4 is 11.0 Å². The van der Waals surface area contributed by atoms with E-state index in [0.717, 1.165) is 19.8 Å². The van der Waals surface area contributed by atoms with Crippen molar-refractivity contribution in [3.05, 3.63) is 96.7 Å². The number of aryl methyl sites for hydroxylation is 2. The molecule has 8 nitrogen and oxygen atoms in total. The highest BCUT2D eigenvalue weighted by molar-refractivity contribution is 5.82. The first-order valence-electron chi connectivity index (χ1n) is 11.7. The fourth-order valence-electron chi connectivity index (χ4n) is 3.64. The maximum Gasteiger partial charge on any atom is 0.337 e. The van der Waals surface area contributed by atoms with Gasteiger partial charge in [-0.1, -0.05) is 45.9 Å². The van der Waals surface area contributed by atoms with Gasteiger partial charge in [-0.15, -0.1) is 0 Å². The van der Waals surface area contributed by atoms with Crippen molar-refractivity contribution in [2.24, 2.45) is 7.05 Å². The van der Waals surface area contributed by atoms with E-state index in [1.54, 1.807) is 37.3 Å². The number of methoxy groups -OCH3 is 1. The molecule has 0 atom stereocenters. The lowest BCUT2D eigenvalue weighted by Gasteiger charge is -2.17. The van der Waals surface area contributed by atoms with Crippen LogP contribution >= 0.6 is 0 Å². The fourth-order valence-corrected chi connectivity index (χ4v) is 3.64. The Morgan fingerprint density at radius 2 is 1.56 bits per heavy atom. The van der Waals surface area contributed by atoms with E-state index >= 15 is 0 Å². The zero-order valence-electron chi connectivity index (χ0n) is 21.6. The van der Waals surface area contributed by atoms with Crippen LogP contribution in [0.5, 0.6) is 11.5 Å². The van der Waals surface area contributed by atoms with Gasteiger partial charge in [0.1, 0.15) is 28.3 Å². The third kappa shape index (κ3) is 5.25. The summed E-state index contributed by atoms with van der Waals surface area (Å²) in [7, 11) is 2.87. The zero-order chi connectivity index (χ0) is 27.2. The van der Waals surface area contributed by atoms with E-state index in [4.69, 9.17) is 4.74 Å². The minimum absolute atomic E-state index is 0.132. The summed E-state index contributed by atoms with van der Waals surface area (Å²) in [6.07, 6.45) is 0. The average Bonchev–Trinajstić information content (AvgIpc) is 2.88. The van der Waals surface area contributed by atoms with Crippen LogP contribution < -0.4 is 21.5 Å². The Morgan fingerprint density at radius 3 is 2.11 bits per heavy atom. The van der Waals surface area contributed by atoms with E-state index < -0.39 is 28.4 Å². The number of aromatic nitrogens is 3. The van der Waals surface area contributed by atoms with Crippen LogP contribution in [0.25, 0.3) is 16.7 Å². The molecule has 0 aliphatic heterocycles. The molecule has 2 aromatic carbocycles. The number of fused-ring (bicyclic) bond motifs is 1. The summed E-state index contributed by atoms with van der Waals surface area (Å²) in [5.74, 6) is -0.692. The molecule has 1 N–H and O–H groups in total. The first kappa shape index (κ1) is 28.1. The largest absolute Gasteiger partial charge is 0.507 e. The minimum atomic E-state index is -0.846. The number of aromatic hydroxyl groups is 1. The molecule has 2 aromatic heterocycles. The third-order valence-electron chi connectivity index (χ3n) is 5.33. The van der Waals surface area contributed by atoms with Crippen molar-refractivity contribution in [3.63, 3.8) is 0 Å². The van der Waals surface area contributed by atoms with Gasteiger partial charge in [0.15, 0.2) is 0 Å². The molecule has 192 valence electrons. The van der Waals surface area contributed by atoms with Crippen molar-refractivity contribution < 1.29 is 14.2 Å². The number of rotatable bonds is 4. The number of hydrogen-bond acceptors (Lipinski definition) is 5. The number of benzene rings is 2. The highest BCUT2D eigenvalue weighted by atomic mass is 19.1. The van der Waals surface area contributed by atoms with Gasteiger partial charge in [0, 0.05) is 13.1 Å². The number of ether oxygens (including phenoxy) is 1. The van der Waals surface area contributed by atoms with E-state index in [-0.39, 0.29) is 23.3 Å². The monoisotopic (exact) mass is 497 g/mol. The number of halogens is 1. The van der Waals surface area contributed by atoms with Crippen LogP contribution in [-0.4, -0.2) is 25.9 Å². The Balaban J connectivity index is 0.00000109. The lowest BCUT2D eigenvalue weighted by atomic mass is 10.2. The molecule has 0 amide bonds. The van der Waals surface area contributed by atoms with Gasteiger partial charge in [-0.3, -0.25) is 18.7 Å². The summed E-state index contributed by atoms with van der Waals surface area (Å²) in [4.78, 5) is 39.0. The molecule has 0 spiro atoms. The maximum absolute atomic E-state index is 14.9. The quantitative estimate of drug-likeness (QED) is 0.458. The Bertz CT molecular complexity index is 1530. The summed E-state index contributed by atoms with van der Waals surface area (Å²) >= 11 is 0. The van der Waals surface area contributed by atoms with Gasteiger partial charge >= 0.3 is 5.69 Å². The summed E-state index contributed by atoms with van der Waals surface area (Å²) in [6, 6.07) is 11.9. The highest BCUT2D eigenvalue weighted by Gasteiger charge is 2.22. The highest BCUT2D eigenvalue weighted by Crippen LogP contribution is 2.22. The van der Waals surface area contributed by atoms with Gasteiger partial charge < -0.3 is 9.84 Å². The standard InChI is InChI=1S/C23H20FN3O5.2C2H6/c1-13-4-9-17(16(24)10-13)27-21-20(18(28)11-19(29)25(21)2)22(30)26(23(27)31)12-14-5-7-15(32-3)8-6-14;2*1-2/h4-11,28H,12H2,1-3H3;2*1-2H3. The van der Waals surface area contributed by atoms with E-state index in [0.29, 0.717) is 16.9 Å². The first-order valence-corrected chi connectivity index (χ1v) is 11.7. The molecule has 0 unspecified atom stereocenters. The van der Waals surface area contributed by atoms with E-state index in [1.807, 2.05) is 27.7 Å². The molecule has 0 aliphatic rings. The molecule has 0 saturated heterocycles. The van der Waals surface area contributed by atoms with Gasteiger partial charge in [-0.05, 0) is 42.3 Å². The van der Waals surface area contributed by atoms with E-state index in [2.05, 4.69) is 0 Å². The zero-order valence-corrected chi connectivity index (χ0v) is 21.6. The van der Waals surface area contributed by atoms with Gasteiger partial charge in [0.25, 0.3) is 11.1 Å². The Morgan fingerprint density at radius 1 is 0.944 bits per heavy atom. The molecule has 0 bridgehead atoms. The van der Waals surface area contributed by atoms with E-state index in [9.17, 15) is 23.9 Å². The number of pyridine rings is 1. The second kappa shape index (κ2) is 12.0. The molecule has 0 fully saturated rings. The van der Waals surface area contributed by atoms with Crippen LogP contribution in [0, 0.1) is 12.7 Å².